The Kier molecular flexibility index (Phi) is 4.79. The lowest BCUT2D eigenvalue weighted by atomic mass is 10.1. The van der Waals surface area contributed by atoms with Gasteiger partial charge in [0.2, 0.25) is 0 Å². The van der Waals surface area contributed by atoms with Crippen LogP contribution in [0.4, 0.5) is 5.69 Å². The largest absolute Gasteiger partial charge is 0.467 e. The zero-order valence-electron chi connectivity index (χ0n) is 12.7. The Morgan fingerprint density at radius 1 is 1.40 bits per heavy atom. The fourth-order valence-electron chi connectivity index (χ4n) is 2.10. The minimum absolute atomic E-state index is 0.458. The summed E-state index contributed by atoms with van der Waals surface area (Å²) in [5, 5.41) is 3.45. The summed E-state index contributed by atoms with van der Waals surface area (Å²) >= 11 is 0. The van der Waals surface area contributed by atoms with E-state index in [-0.39, 0.29) is 0 Å². The van der Waals surface area contributed by atoms with E-state index in [1.165, 1.54) is 11.3 Å². The Labute approximate surface area is 120 Å². The molecule has 0 radical (unpaired) electrons. The second kappa shape index (κ2) is 6.57. The molecule has 0 bridgehead atoms. The van der Waals surface area contributed by atoms with Crippen molar-refractivity contribution in [2.45, 2.75) is 39.9 Å². The Morgan fingerprint density at radius 3 is 2.85 bits per heavy atom. The molecular formula is C16H23N3O. The molecule has 0 aromatic carbocycles. The van der Waals surface area contributed by atoms with Gasteiger partial charge in [0.1, 0.15) is 5.76 Å². The van der Waals surface area contributed by atoms with Gasteiger partial charge in [0.05, 0.1) is 12.8 Å². The third-order valence-electron chi connectivity index (χ3n) is 3.18. The molecule has 108 valence electrons. The predicted molar refractivity (Wildman–Crippen MR) is 81.8 cm³/mol. The summed E-state index contributed by atoms with van der Waals surface area (Å²) in [5.74, 6) is 0.963. The van der Waals surface area contributed by atoms with Crippen molar-refractivity contribution >= 4 is 5.69 Å². The first-order valence-corrected chi connectivity index (χ1v) is 6.98. The van der Waals surface area contributed by atoms with E-state index in [1.54, 1.807) is 6.26 Å². The maximum Gasteiger partial charge on any atom is 0.123 e. The van der Waals surface area contributed by atoms with E-state index in [9.17, 15) is 0 Å². The topological polar surface area (TPSA) is 41.3 Å². The number of aromatic nitrogens is 1. The van der Waals surface area contributed by atoms with Gasteiger partial charge in [-0.25, -0.2) is 0 Å². The molecule has 4 heteroatoms. The molecular weight excluding hydrogens is 250 g/mol. The lowest BCUT2D eigenvalue weighted by Crippen LogP contribution is -2.25. The highest BCUT2D eigenvalue weighted by molar-refractivity contribution is 5.53. The molecule has 1 N–H and O–H groups in total. The van der Waals surface area contributed by atoms with Gasteiger partial charge in [0, 0.05) is 42.8 Å². The van der Waals surface area contributed by atoms with Gasteiger partial charge >= 0.3 is 0 Å². The van der Waals surface area contributed by atoms with Crippen LogP contribution in [0.3, 0.4) is 0 Å². The molecule has 0 aliphatic carbocycles. The Bertz CT molecular complexity index is 535. The van der Waals surface area contributed by atoms with Crippen LogP contribution in [-0.4, -0.2) is 18.1 Å². The number of hydrogen-bond acceptors (Lipinski definition) is 4. The zero-order chi connectivity index (χ0) is 14.5. The first-order chi connectivity index (χ1) is 9.56. The van der Waals surface area contributed by atoms with Crippen LogP contribution in [0.2, 0.25) is 0 Å². The molecule has 2 aromatic heterocycles. The smallest absolute Gasteiger partial charge is 0.123 e. The molecule has 4 nitrogen and oxygen atoms in total. The van der Waals surface area contributed by atoms with Gasteiger partial charge in [-0.2, -0.15) is 0 Å². The second-order valence-corrected chi connectivity index (χ2v) is 5.43. The highest BCUT2D eigenvalue weighted by Crippen LogP contribution is 2.22. The summed E-state index contributed by atoms with van der Waals surface area (Å²) in [6, 6.07) is 6.50. The number of rotatable bonds is 6. The fraction of sp³-hybridized carbons (Fsp3) is 0.438. The van der Waals surface area contributed by atoms with Crippen LogP contribution in [0, 0.1) is 6.92 Å². The molecule has 0 spiro atoms. The molecule has 0 atom stereocenters. The van der Waals surface area contributed by atoms with Crippen molar-refractivity contribution in [2.75, 3.05) is 11.9 Å². The Balaban J connectivity index is 2.17. The maximum absolute atomic E-state index is 5.42. The van der Waals surface area contributed by atoms with Crippen LogP contribution >= 0.6 is 0 Å². The van der Waals surface area contributed by atoms with E-state index in [0.29, 0.717) is 6.04 Å². The number of hydrogen-bond donors (Lipinski definition) is 1. The van der Waals surface area contributed by atoms with Crippen molar-refractivity contribution < 1.29 is 4.42 Å². The van der Waals surface area contributed by atoms with Gasteiger partial charge in [0.25, 0.3) is 0 Å². The summed E-state index contributed by atoms with van der Waals surface area (Å²) in [6.07, 6.45) is 3.67. The molecule has 0 aliphatic rings. The van der Waals surface area contributed by atoms with E-state index < -0.39 is 0 Å². The summed E-state index contributed by atoms with van der Waals surface area (Å²) in [4.78, 5) is 6.61. The quantitative estimate of drug-likeness (QED) is 0.878. The van der Waals surface area contributed by atoms with E-state index in [0.717, 1.165) is 24.5 Å². The Morgan fingerprint density at radius 2 is 2.20 bits per heavy atom. The highest BCUT2D eigenvalue weighted by atomic mass is 16.3. The fourth-order valence-corrected chi connectivity index (χ4v) is 2.10. The van der Waals surface area contributed by atoms with E-state index in [4.69, 9.17) is 4.42 Å². The SMILES string of the molecule is Cc1cc(N(C)Cc2ccco2)c(CNC(C)C)cn1. The molecule has 2 aromatic rings. The molecule has 2 rings (SSSR count). The maximum atomic E-state index is 5.42. The lowest BCUT2D eigenvalue weighted by molar-refractivity contribution is 0.507. The monoisotopic (exact) mass is 273 g/mol. The predicted octanol–water partition coefficient (Wildman–Crippen LogP) is 3.12. The van der Waals surface area contributed by atoms with Crippen LogP contribution in [-0.2, 0) is 13.1 Å². The average molecular weight is 273 g/mol. The van der Waals surface area contributed by atoms with E-state index in [2.05, 4.69) is 42.2 Å². The second-order valence-electron chi connectivity index (χ2n) is 5.43. The van der Waals surface area contributed by atoms with Crippen molar-refractivity contribution in [3.8, 4) is 0 Å². The van der Waals surface area contributed by atoms with Crippen LogP contribution in [0.5, 0.6) is 0 Å². The number of furan rings is 1. The number of nitrogens with one attached hydrogen (secondary N) is 1. The van der Waals surface area contributed by atoms with Gasteiger partial charge in [0.15, 0.2) is 0 Å². The van der Waals surface area contributed by atoms with Gasteiger partial charge in [-0.15, -0.1) is 0 Å². The number of aryl methyl sites for hydroxylation is 1. The highest BCUT2D eigenvalue weighted by Gasteiger charge is 2.10. The molecule has 0 amide bonds. The summed E-state index contributed by atoms with van der Waals surface area (Å²) in [6.45, 7) is 7.89. The van der Waals surface area contributed by atoms with Crippen LogP contribution in [0.1, 0.15) is 30.9 Å². The molecule has 2 heterocycles. The van der Waals surface area contributed by atoms with Gasteiger partial charge in [-0.05, 0) is 25.1 Å². The van der Waals surface area contributed by atoms with Gasteiger partial charge < -0.3 is 14.6 Å². The van der Waals surface area contributed by atoms with Crippen molar-refractivity contribution in [1.82, 2.24) is 10.3 Å². The lowest BCUT2D eigenvalue weighted by Gasteiger charge is -2.22. The van der Waals surface area contributed by atoms with Gasteiger partial charge in [-0.3, -0.25) is 4.98 Å². The van der Waals surface area contributed by atoms with Crippen molar-refractivity contribution in [3.63, 3.8) is 0 Å². The summed E-state index contributed by atoms with van der Waals surface area (Å²) in [7, 11) is 2.08. The van der Waals surface area contributed by atoms with Crippen LogP contribution in [0.25, 0.3) is 0 Å². The minimum Gasteiger partial charge on any atom is -0.467 e. The van der Waals surface area contributed by atoms with Crippen molar-refractivity contribution in [1.29, 1.82) is 0 Å². The molecule has 20 heavy (non-hydrogen) atoms. The summed E-state index contributed by atoms with van der Waals surface area (Å²) < 4.78 is 5.42. The molecule has 0 aliphatic heterocycles. The summed E-state index contributed by atoms with van der Waals surface area (Å²) in [5.41, 5.74) is 3.43. The first kappa shape index (κ1) is 14.6. The molecule has 0 fully saturated rings. The van der Waals surface area contributed by atoms with Crippen LogP contribution < -0.4 is 10.2 Å². The van der Waals surface area contributed by atoms with Crippen LogP contribution in [0.15, 0.2) is 35.1 Å². The number of pyridine rings is 1. The molecule has 0 unspecified atom stereocenters. The van der Waals surface area contributed by atoms with Crippen molar-refractivity contribution in [3.05, 3.63) is 47.7 Å². The van der Waals surface area contributed by atoms with Gasteiger partial charge in [-0.1, -0.05) is 13.8 Å². The average Bonchev–Trinajstić information content (AvgIpc) is 2.89. The molecule has 0 saturated carbocycles. The number of nitrogens with zero attached hydrogens (tertiary/aromatic N) is 2. The van der Waals surface area contributed by atoms with E-state index >= 15 is 0 Å². The third-order valence-corrected chi connectivity index (χ3v) is 3.18. The van der Waals surface area contributed by atoms with E-state index in [1.807, 2.05) is 25.3 Å². The van der Waals surface area contributed by atoms with Crippen molar-refractivity contribution in [2.24, 2.45) is 0 Å². The number of anilines is 1. The normalized spacial score (nSPS) is 11.1. The zero-order valence-corrected chi connectivity index (χ0v) is 12.7. The molecule has 0 saturated heterocycles. The third kappa shape index (κ3) is 3.84. The first-order valence-electron chi connectivity index (χ1n) is 6.98. The minimum atomic E-state index is 0.458. The standard InChI is InChI=1S/C16H23N3O/c1-12(2)17-9-14-10-18-13(3)8-16(14)19(4)11-15-6-5-7-20-15/h5-8,10,12,17H,9,11H2,1-4H3. The Hall–Kier alpha value is -1.81.